The molecule has 3 aliphatic rings. The maximum absolute atomic E-state index is 14.7. The molecule has 0 saturated heterocycles. The Labute approximate surface area is 293 Å². The summed E-state index contributed by atoms with van der Waals surface area (Å²) < 4.78 is 0. The van der Waals surface area contributed by atoms with Gasteiger partial charge in [0.2, 0.25) is 23.5 Å². The summed E-state index contributed by atoms with van der Waals surface area (Å²) >= 11 is 0. The van der Waals surface area contributed by atoms with Gasteiger partial charge < -0.3 is 26.2 Å². The molecule has 50 heavy (non-hydrogen) atoms. The van der Waals surface area contributed by atoms with Gasteiger partial charge in [-0.1, -0.05) is 71.2 Å². The Morgan fingerprint density at radius 2 is 1.60 bits per heavy atom. The molecule has 0 bridgehead atoms. The van der Waals surface area contributed by atoms with Gasteiger partial charge in [0, 0.05) is 31.4 Å². The number of hydrogen-bond donors (Lipinski definition) is 4. The Balaban J connectivity index is 1.39. The van der Waals surface area contributed by atoms with E-state index in [9.17, 15) is 28.8 Å². The number of amides is 5. The molecule has 13 heteroatoms. The van der Waals surface area contributed by atoms with E-state index in [1.54, 1.807) is 6.92 Å². The van der Waals surface area contributed by atoms with Crippen LogP contribution in [-0.2, 0) is 36.9 Å². The highest BCUT2D eigenvalue weighted by molar-refractivity contribution is 6.38. The van der Waals surface area contributed by atoms with Crippen molar-refractivity contribution in [2.24, 2.45) is 11.3 Å². The Morgan fingerprint density at radius 1 is 0.900 bits per heavy atom. The molecule has 2 aromatic rings. The highest BCUT2D eigenvalue weighted by atomic mass is 16.2. The van der Waals surface area contributed by atoms with Crippen molar-refractivity contribution in [3.05, 3.63) is 59.7 Å². The van der Waals surface area contributed by atoms with Crippen LogP contribution in [-0.4, -0.2) is 80.4 Å². The second-order valence-electron chi connectivity index (χ2n) is 14.8. The number of nitrogens with one attached hydrogen (secondary N) is 4. The molecule has 1 aliphatic heterocycles. The summed E-state index contributed by atoms with van der Waals surface area (Å²) in [7, 11) is 0. The monoisotopic (exact) mass is 687 g/mol. The lowest BCUT2D eigenvalue weighted by Crippen LogP contribution is -2.63. The van der Waals surface area contributed by atoms with Crippen molar-refractivity contribution in [2.45, 2.75) is 122 Å². The topological polar surface area (TPSA) is 180 Å². The molecular weight excluding hydrogens is 638 g/mol. The average molecular weight is 688 g/mol. The summed E-state index contributed by atoms with van der Waals surface area (Å²) in [6, 6.07) is 3.49. The van der Waals surface area contributed by atoms with E-state index in [0.717, 1.165) is 56.1 Å². The number of nitrogens with zero attached hydrogens (tertiary/aromatic N) is 3. The van der Waals surface area contributed by atoms with Crippen LogP contribution in [0, 0.1) is 11.3 Å². The highest BCUT2D eigenvalue weighted by Crippen LogP contribution is 2.30. The third kappa shape index (κ3) is 8.91. The van der Waals surface area contributed by atoms with Crippen molar-refractivity contribution < 1.29 is 28.8 Å². The molecule has 268 valence electrons. The first-order valence-corrected chi connectivity index (χ1v) is 17.8. The SMILES string of the molecule is CC[C@H](NC(=O)[C@@H]1Cc2ccccc2CN1C(=O)[C@@H](NC(=O)[C@@H](NC(=O)c1cnccn1)C1CCCCC1)C(C)(C)C)C(=O)C(=O)NC1CC1. The zero-order valence-corrected chi connectivity index (χ0v) is 29.4. The first kappa shape index (κ1) is 36.6. The Morgan fingerprint density at radius 3 is 2.22 bits per heavy atom. The lowest BCUT2D eigenvalue weighted by Gasteiger charge is -2.42. The van der Waals surface area contributed by atoms with Gasteiger partial charge in [0.05, 0.1) is 12.2 Å². The number of aromatic nitrogens is 2. The van der Waals surface area contributed by atoms with Gasteiger partial charge in [-0.2, -0.15) is 0 Å². The molecule has 0 unspecified atom stereocenters. The van der Waals surface area contributed by atoms with Gasteiger partial charge in [-0.15, -0.1) is 0 Å². The molecule has 4 N–H and O–H groups in total. The van der Waals surface area contributed by atoms with E-state index < -0.39 is 64.9 Å². The summed E-state index contributed by atoms with van der Waals surface area (Å²) in [5.74, 6) is -3.62. The van der Waals surface area contributed by atoms with Crippen LogP contribution in [0.25, 0.3) is 0 Å². The van der Waals surface area contributed by atoms with Crippen LogP contribution in [0.15, 0.2) is 42.9 Å². The summed E-state index contributed by atoms with van der Waals surface area (Å²) in [6.45, 7) is 7.32. The Hall–Kier alpha value is -4.68. The van der Waals surface area contributed by atoms with E-state index in [4.69, 9.17) is 0 Å². The first-order valence-electron chi connectivity index (χ1n) is 17.8. The van der Waals surface area contributed by atoms with Crippen molar-refractivity contribution >= 4 is 35.3 Å². The normalized spacial score (nSPS) is 19.6. The minimum atomic E-state index is -1.07. The van der Waals surface area contributed by atoms with Gasteiger partial charge in [0.25, 0.3) is 11.8 Å². The van der Waals surface area contributed by atoms with E-state index >= 15 is 0 Å². The van der Waals surface area contributed by atoms with Crippen LogP contribution >= 0.6 is 0 Å². The molecule has 1 aromatic carbocycles. The molecule has 2 heterocycles. The number of carbonyl (C=O) groups excluding carboxylic acids is 6. The molecular formula is C37H49N7O6. The largest absolute Gasteiger partial charge is 0.347 e. The fraction of sp³-hybridized carbons (Fsp3) is 0.568. The summed E-state index contributed by atoms with van der Waals surface area (Å²) in [5, 5.41) is 11.3. The van der Waals surface area contributed by atoms with E-state index in [0.29, 0.717) is 0 Å². The fourth-order valence-corrected chi connectivity index (χ4v) is 6.80. The number of rotatable bonds is 12. The maximum Gasteiger partial charge on any atom is 0.289 e. The number of hydrogen-bond acceptors (Lipinski definition) is 8. The van der Waals surface area contributed by atoms with Gasteiger partial charge in [-0.3, -0.25) is 33.8 Å². The van der Waals surface area contributed by atoms with Gasteiger partial charge in [0.1, 0.15) is 23.8 Å². The van der Waals surface area contributed by atoms with Gasteiger partial charge in [-0.05, 0) is 54.6 Å². The van der Waals surface area contributed by atoms with E-state index in [-0.39, 0.29) is 37.0 Å². The summed E-state index contributed by atoms with van der Waals surface area (Å²) in [4.78, 5) is 91.1. The number of carbonyl (C=O) groups is 6. The zero-order chi connectivity index (χ0) is 36.0. The minimum Gasteiger partial charge on any atom is -0.347 e. The molecule has 0 radical (unpaired) electrons. The first-order chi connectivity index (χ1) is 23.9. The number of fused-ring (bicyclic) bond motifs is 1. The lowest BCUT2D eigenvalue weighted by atomic mass is 9.81. The molecule has 0 spiro atoms. The molecule has 13 nitrogen and oxygen atoms in total. The third-order valence-electron chi connectivity index (χ3n) is 9.90. The summed E-state index contributed by atoms with van der Waals surface area (Å²) in [6.07, 6.45) is 10.6. The molecule has 5 rings (SSSR count). The predicted molar refractivity (Wildman–Crippen MR) is 184 cm³/mol. The van der Waals surface area contributed by atoms with E-state index in [1.165, 1.54) is 23.5 Å². The second kappa shape index (κ2) is 15.9. The van der Waals surface area contributed by atoms with Crippen LogP contribution < -0.4 is 21.3 Å². The average Bonchev–Trinajstić information content (AvgIpc) is 3.94. The Bertz CT molecular complexity index is 1580. The third-order valence-corrected chi connectivity index (χ3v) is 9.90. The van der Waals surface area contributed by atoms with Crippen molar-refractivity contribution in [1.29, 1.82) is 0 Å². The van der Waals surface area contributed by atoms with Crippen LogP contribution in [0.2, 0.25) is 0 Å². The van der Waals surface area contributed by atoms with Crippen LogP contribution in [0.3, 0.4) is 0 Å². The van der Waals surface area contributed by atoms with Crippen LogP contribution in [0.1, 0.15) is 101 Å². The Kier molecular flexibility index (Phi) is 11.6. The smallest absolute Gasteiger partial charge is 0.289 e. The standard InChI is InChI=1S/C37H49N7O6/c1-5-26(30(45)35(49)40-25-15-16-25)41-33(47)28-19-23-13-9-10-14-24(23)21-44(28)36(50)31(37(2,3)4)43-34(48)29(22-11-7-6-8-12-22)42-32(46)27-20-38-17-18-39-27/h9-10,13-14,17-18,20,22,25-26,28-29,31H,5-8,11-12,15-16,19,21H2,1-4H3,(H,40,49)(H,41,47)(H,42,46)(H,43,48)/t26-,28-,29-,31+/m0/s1. The minimum absolute atomic E-state index is 0.00907. The van der Waals surface area contributed by atoms with Gasteiger partial charge in [-0.25, -0.2) is 4.98 Å². The quantitative estimate of drug-likeness (QED) is 0.246. The second-order valence-corrected chi connectivity index (χ2v) is 14.8. The fourth-order valence-electron chi connectivity index (χ4n) is 6.80. The van der Waals surface area contributed by atoms with Crippen molar-refractivity contribution in [1.82, 2.24) is 36.1 Å². The molecule has 4 atom stereocenters. The molecule has 2 saturated carbocycles. The number of benzene rings is 1. The molecule has 5 amide bonds. The lowest BCUT2D eigenvalue weighted by molar-refractivity contribution is -0.148. The number of ketones is 1. The predicted octanol–water partition coefficient (Wildman–Crippen LogP) is 2.38. The van der Waals surface area contributed by atoms with Crippen molar-refractivity contribution in [3.63, 3.8) is 0 Å². The van der Waals surface area contributed by atoms with Gasteiger partial charge >= 0.3 is 0 Å². The highest BCUT2D eigenvalue weighted by Gasteiger charge is 2.44. The van der Waals surface area contributed by atoms with Crippen molar-refractivity contribution in [3.8, 4) is 0 Å². The summed E-state index contributed by atoms with van der Waals surface area (Å²) in [5.41, 5.74) is 1.05. The molecule has 2 fully saturated rings. The van der Waals surface area contributed by atoms with Gasteiger partial charge in [0.15, 0.2) is 0 Å². The van der Waals surface area contributed by atoms with Crippen molar-refractivity contribution in [2.75, 3.05) is 0 Å². The molecule has 2 aliphatic carbocycles. The molecule has 1 aromatic heterocycles. The maximum atomic E-state index is 14.7. The van der Waals surface area contributed by atoms with E-state index in [1.807, 2.05) is 45.0 Å². The van der Waals surface area contributed by atoms with Crippen LogP contribution in [0.4, 0.5) is 0 Å². The number of Topliss-reactive ketones (excluding diaryl/α,β-unsaturated/α-hetero) is 1. The zero-order valence-electron chi connectivity index (χ0n) is 29.4. The van der Waals surface area contributed by atoms with E-state index in [2.05, 4.69) is 31.2 Å². The van der Waals surface area contributed by atoms with Crippen LogP contribution in [0.5, 0.6) is 0 Å².